The van der Waals surface area contributed by atoms with Crippen LogP contribution in [0.5, 0.6) is 0 Å². The molecule has 2 saturated heterocycles. The average Bonchev–Trinajstić information content (AvgIpc) is 2.98. The summed E-state index contributed by atoms with van der Waals surface area (Å²) in [7, 11) is 0. The number of carboxylic acids is 1. The van der Waals surface area contributed by atoms with Crippen molar-refractivity contribution < 1.29 is 19.5 Å². The highest BCUT2D eigenvalue weighted by molar-refractivity contribution is 6.00. The number of carbonyl (C=O) groups excluding carboxylic acids is 2. The first kappa shape index (κ1) is 13.0. The first-order valence-electron chi connectivity index (χ1n) is 6.38. The van der Waals surface area contributed by atoms with Crippen molar-refractivity contribution in [2.24, 2.45) is 0 Å². The molecule has 2 N–H and O–H groups in total. The van der Waals surface area contributed by atoms with Gasteiger partial charge in [-0.15, -0.1) is 0 Å². The Morgan fingerprint density at radius 2 is 2.00 bits per heavy atom. The van der Waals surface area contributed by atoms with Gasteiger partial charge in [0.1, 0.15) is 6.42 Å². The minimum atomic E-state index is -1.13. The lowest BCUT2D eigenvalue weighted by Crippen LogP contribution is -2.48. The van der Waals surface area contributed by atoms with Gasteiger partial charge in [-0.2, -0.15) is 0 Å². The van der Waals surface area contributed by atoms with Crippen molar-refractivity contribution in [2.45, 2.75) is 44.2 Å². The number of hydrogen-bond donors (Lipinski definition) is 2. The van der Waals surface area contributed by atoms with Crippen molar-refractivity contribution in [2.75, 3.05) is 13.1 Å². The molecule has 0 bridgehead atoms. The van der Waals surface area contributed by atoms with Gasteiger partial charge in [0.25, 0.3) is 0 Å². The van der Waals surface area contributed by atoms with E-state index >= 15 is 0 Å². The van der Waals surface area contributed by atoms with Crippen molar-refractivity contribution >= 4 is 17.7 Å². The lowest BCUT2D eigenvalue weighted by molar-refractivity contribution is -0.144. The highest BCUT2D eigenvalue weighted by Gasteiger charge is 2.37. The normalized spacial score (nSPS) is 27.4. The summed E-state index contributed by atoms with van der Waals surface area (Å²) in [6.07, 6.45) is 2.64. The van der Waals surface area contributed by atoms with Gasteiger partial charge >= 0.3 is 5.97 Å². The van der Waals surface area contributed by atoms with Crippen LogP contribution in [0.1, 0.15) is 32.1 Å². The summed E-state index contributed by atoms with van der Waals surface area (Å²) >= 11 is 0. The lowest BCUT2D eigenvalue weighted by atomic mass is 10.1. The van der Waals surface area contributed by atoms with E-state index in [-0.39, 0.29) is 17.7 Å². The number of carbonyl (C=O) groups is 3. The maximum atomic E-state index is 12.2. The summed E-state index contributed by atoms with van der Waals surface area (Å²) in [5.41, 5.74) is 0. The van der Waals surface area contributed by atoms with E-state index in [1.165, 1.54) is 0 Å². The largest absolute Gasteiger partial charge is 0.481 e. The van der Waals surface area contributed by atoms with Crippen molar-refractivity contribution in [3.8, 4) is 0 Å². The number of rotatable bonds is 4. The Balaban J connectivity index is 2.00. The monoisotopic (exact) mass is 254 g/mol. The van der Waals surface area contributed by atoms with Crippen LogP contribution in [0, 0.1) is 0 Å². The average molecular weight is 254 g/mol. The van der Waals surface area contributed by atoms with Crippen LogP contribution >= 0.6 is 0 Å². The molecule has 0 aromatic carbocycles. The molecule has 6 nitrogen and oxygen atoms in total. The van der Waals surface area contributed by atoms with Gasteiger partial charge in [0, 0.05) is 6.54 Å². The number of aliphatic carboxylic acids is 1. The fourth-order valence-electron chi connectivity index (χ4n) is 2.73. The molecule has 0 aliphatic carbocycles. The van der Waals surface area contributed by atoms with Gasteiger partial charge in [-0.1, -0.05) is 0 Å². The Labute approximate surface area is 105 Å². The SMILES string of the molecule is O=C(O)CC(=O)C1CCCN1C(=O)C1CCCN1. The second-order valence-corrected chi connectivity index (χ2v) is 4.88. The zero-order valence-electron chi connectivity index (χ0n) is 10.2. The molecule has 2 aliphatic heterocycles. The summed E-state index contributed by atoms with van der Waals surface area (Å²) in [5, 5.41) is 11.8. The van der Waals surface area contributed by atoms with Gasteiger partial charge in [0.2, 0.25) is 5.91 Å². The number of nitrogens with zero attached hydrogens (tertiary/aromatic N) is 1. The van der Waals surface area contributed by atoms with Crippen molar-refractivity contribution in [3.63, 3.8) is 0 Å². The van der Waals surface area contributed by atoms with Crippen LogP contribution < -0.4 is 5.32 Å². The molecule has 2 rings (SSSR count). The molecule has 100 valence electrons. The van der Waals surface area contributed by atoms with Crippen LogP contribution in [0.25, 0.3) is 0 Å². The number of amides is 1. The van der Waals surface area contributed by atoms with E-state index in [9.17, 15) is 14.4 Å². The fraction of sp³-hybridized carbons (Fsp3) is 0.750. The first-order chi connectivity index (χ1) is 8.59. The van der Waals surface area contributed by atoms with Crippen molar-refractivity contribution in [1.29, 1.82) is 0 Å². The molecule has 2 unspecified atom stereocenters. The molecule has 2 fully saturated rings. The van der Waals surface area contributed by atoms with Gasteiger partial charge in [-0.25, -0.2) is 0 Å². The van der Waals surface area contributed by atoms with Gasteiger partial charge in [-0.3, -0.25) is 14.4 Å². The highest BCUT2D eigenvalue weighted by Crippen LogP contribution is 2.22. The summed E-state index contributed by atoms with van der Waals surface area (Å²) < 4.78 is 0. The summed E-state index contributed by atoms with van der Waals surface area (Å²) in [6.45, 7) is 1.39. The smallest absolute Gasteiger partial charge is 0.310 e. The molecule has 0 aromatic heterocycles. The van der Waals surface area contributed by atoms with Crippen LogP contribution in [-0.2, 0) is 14.4 Å². The third-order valence-electron chi connectivity index (χ3n) is 3.59. The number of likely N-dealkylation sites (tertiary alicyclic amines) is 1. The van der Waals surface area contributed by atoms with E-state index in [0.29, 0.717) is 13.0 Å². The fourth-order valence-corrected chi connectivity index (χ4v) is 2.73. The number of hydrogen-bond acceptors (Lipinski definition) is 4. The van der Waals surface area contributed by atoms with E-state index in [0.717, 1.165) is 25.8 Å². The Morgan fingerprint density at radius 1 is 1.22 bits per heavy atom. The summed E-state index contributed by atoms with van der Waals surface area (Å²) in [5.74, 6) is -1.53. The Kier molecular flexibility index (Phi) is 3.96. The van der Waals surface area contributed by atoms with Gasteiger partial charge in [-0.05, 0) is 32.2 Å². The topological polar surface area (TPSA) is 86.7 Å². The molecule has 0 saturated carbocycles. The van der Waals surface area contributed by atoms with Crippen LogP contribution in [0.15, 0.2) is 0 Å². The van der Waals surface area contributed by atoms with Gasteiger partial charge in [0.15, 0.2) is 5.78 Å². The number of nitrogens with one attached hydrogen (secondary N) is 1. The van der Waals surface area contributed by atoms with E-state index < -0.39 is 18.4 Å². The maximum absolute atomic E-state index is 12.2. The molecule has 18 heavy (non-hydrogen) atoms. The van der Waals surface area contributed by atoms with Crippen molar-refractivity contribution in [1.82, 2.24) is 10.2 Å². The zero-order chi connectivity index (χ0) is 13.1. The minimum Gasteiger partial charge on any atom is -0.481 e. The zero-order valence-corrected chi connectivity index (χ0v) is 10.2. The molecule has 0 radical (unpaired) electrons. The summed E-state index contributed by atoms with van der Waals surface area (Å²) in [6, 6.07) is -0.723. The van der Waals surface area contributed by atoms with Crippen molar-refractivity contribution in [3.05, 3.63) is 0 Å². The summed E-state index contributed by atoms with van der Waals surface area (Å²) in [4.78, 5) is 36.1. The second-order valence-electron chi connectivity index (χ2n) is 4.88. The van der Waals surface area contributed by atoms with Gasteiger partial charge < -0.3 is 15.3 Å². The Bertz CT molecular complexity index is 363. The molecular formula is C12H18N2O4. The van der Waals surface area contributed by atoms with Gasteiger partial charge in [0.05, 0.1) is 12.1 Å². The standard InChI is InChI=1S/C12H18N2O4/c15-10(7-11(16)17)9-4-2-6-14(9)12(18)8-3-1-5-13-8/h8-9,13H,1-7H2,(H,16,17). The van der Waals surface area contributed by atoms with E-state index in [1.54, 1.807) is 4.90 Å². The molecule has 2 heterocycles. The molecule has 2 atom stereocenters. The molecule has 0 aromatic rings. The number of ketones is 1. The number of carboxylic acid groups (broad SMARTS) is 1. The lowest BCUT2D eigenvalue weighted by Gasteiger charge is -2.26. The molecule has 0 spiro atoms. The molecule has 1 amide bonds. The first-order valence-corrected chi connectivity index (χ1v) is 6.38. The third kappa shape index (κ3) is 2.69. The minimum absolute atomic E-state index is 0.0475. The van der Waals surface area contributed by atoms with E-state index in [1.807, 2.05) is 0 Å². The van der Waals surface area contributed by atoms with Crippen LogP contribution in [-0.4, -0.2) is 52.8 Å². The Hall–Kier alpha value is -1.43. The quantitative estimate of drug-likeness (QED) is 0.677. The molecular weight excluding hydrogens is 236 g/mol. The van der Waals surface area contributed by atoms with E-state index in [4.69, 9.17) is 5.11 Å². The molecule has 6 heteroatoms. The van der Waals surface area contributed by atoms with Crippen LogP contribution in [0.2, 0.25) is 0 Å². The van der Waals surface area contributed by atoms with Crippen LogP contribution in [0.3, 0.4) is 0 Å². The number of Topliss-reactive ketones (excluding diaryl/α,β-unsaturated/α-hetero) is 1. The second kappa shape index (κ2) is 5.48. The molecule has 2 aliphatic rings. The maximum Gasteiger partial charge on any atom is 0.310 e. The highest BCUT2D eigenvalue weighted by atomic mass is 16.4. The Morgan fingerprint density at radius 3 is 2.61 bits per heavy atom. The predicted octanol–water partition coefficient (Wildman–Crippen LogP) is -0.227. The van der Waals surface area contributed by atoms with E-state index in [2.05, 4.69) is 5.32 Å². The predicted molar refractivity (Wildman–Crippen MR) is 63.0 cm³/mol. The van der Waals surface area contributed by atoms with Crippen LogP contribution in [0.4, 0.5) is 0 Å². The third-order valence-corrected chi connectivity index (χ3v) is 3.59.